The molecule has 0 aromatic heterocycles. The third-order valence-corrected chi connectivity index (χ3v) is 3.71. The van der Waals surface area contributed by atoms with Gasteiger partial charge in [-0.25, -0.2) is 0 Å². The SMILES string of the molecule is CCC(O)(CC)CN1CCC(C)CC1. The maximum atomic E-state index is 10.2. The highest BCUT2D eigenvalue weighted by Crippen LogP contribution is 2.21. The number of rotatable bonds is 4. The summed E-state index contributed by atoms with van der Waals surface area (Å²) in [5.74, 6) is 0.877. The molecule has 2 heteroatoms. The molecule has 14 heavy (non-hydrogen) atoms. The predicted molar refractivity (Wildman–Crippen MR) is 60.4 cm³/mol. The first-order chi connectivity index (χ1) is 6.59. The molecule has 0 aliphatic carbocycles. The van der Waals surface area contributed by atoms with Crippen molar-refractivity contribution in [2.75, 3.05) is 19.6 Å². The number of likely N-dealkylation sites (tertiary alicyclic amines) is 1. The lowest BCUT2D eigenvalue weighted by Gasteiger charge is -2.36. The molecule has 1 heterocycles. The van der Waals surface area contributed by atoms with Crippen LogP contribution in [0.2, 0.25) is 0 Å². The summed E-state index contributed by atoms with van der Waals surface area (Å²) < 4.78 is 0. The highest BCUT2D eigenvalue weighted by molar-refractivity contribution is 4.81. The van der Waals surface area contributed by atoms with Gasteiger partial charge in [-0.2, -0.15) is 0 Å². The Hall–Kier alpha value is -0.0800. The fourth-order valence-corrected chi connectivity index (χ4v) is 2.11. The first-order valence-corrected chi connectivity index (χ1v) is 6.04. The normalized spacial score (nSPS) is 21.4. The van der Waals surface area contributed by atoms with Gasteiger partial charge in [-0.3, -0.25) is 0 Å². The van der Waals surface area contributed by atoms with Gasteiger partial charge >= 0.3 is 0 Å². The molecule has 0 atom stereocenters. The zero-order valence-electron chi connectivity index (χ0n) is 9.92. The van der Waals surface area contributed by atoms with E-state index in [-0.39, 0.29) is 0 Å². The molecule has 0 bridgehead atoms. The van der Waals surface area contributed by atoms with E-state index in [1.54, 1.807) is 0 Å². The van der Waals surface area contributed by atoms with Crippen molar-refractivity contribution in [3.05, 3.63) is 0 Å². The Balaban J connectivity index is 2.36. The van der Waals surface area contributed by atoms with Gasteiger partial charge in [0.05, 0.1) is 5.60 Å². The Morgan fingerprint density at radius 3 is 2.14 bits per heavy atom. The molecule has 0 amide bonds. The average Bonchev–Trinajstić information content (AvgIpc) is 2.21. The van der Waals surface area contributed by atoms with E-state index in [2.05, 4.69) is 25.7 Å². The summed E-state index contributed by atoms with van der Waals surface area (Å²) in [5.41, 5.74) is -0.444. The fourth-order valence-electron chi connectivity index (χ4n) is 2.11. The van der Waals surface area contributed by atoms with Crippen LogP contribution < -0.4 is 0 Å². The molecule has 0 spiro atoms. The third-order valence-electron chi connectivity index (χ3n) is 3.71. The lowest BCUT2D eigenvalue weighted by molar-refractivity contribution is -0.0109. The van der Waals surface area contributed by atoms with Gasteiger partial charge in [-0.15, -0.1) is 0 Å². The highest BCUT2D eigenvalue weighted by Gasteiger charge is 2.27. The zero-order chi connectivity index (χ0) is 10.6. The minimum atomic E-state index is -0.444. The minimum absolute atomic E-state index is 0.444. The highest BCUT2D eigenvalue weighted by atomic mass is 16.3. The molecule has 1 fully saturated rings. The fraction of sp³-hybridized carbons (Fsp3) is 1.00. The summed E-state index contributed by atoms with van der Waals surface area (Å²) in [7, 11) is 0. The predicted octanol–water partition coefficient (Wildman–Crippen LogP) is 2.27. The Morgan fingerprint density at radius 2 is 1.71 bits per heavy atom. The van der Waals surface area contributed by atoms with Gasteiger partial charge in [0.1, 0.15) is 0 Å². The zero-order valence-corrected chi connectivity index (χ0v) is 9.92. The Morgan fingerprint density at radius 1 is 1.21 bits per heavy atom. The van der Waals surface area contributed by atoms with E-state index >= 15 is 0 Å². The maximum Gasteiger partial charge on any atom is 0.0768 e. The van der Waals surface area contributed by atoms with Gasteiger partial charge in [0.15, 0.2) is 0 Å². The molecule has 2 nitrogen and oxygen atoms in total. The van der Waals surface area contributed by atoms with Crippen molar-refractivity contribution in [2.45, 2.75) is 52.1 Å². The van der Waals surface area contributed by atoms with Crippen molar-refractivity contribution >= 4 is 0 Å². The smallest absolute Gasteiger partial charge is 0.0768 e. The number of hydrogen-bond donors (Lipinski definition) is 1. The van der Waals surface area contributed by atoms with E-state index in [1.165, 1.54) is 25.9 Å². The summed E-state index contributed by atoms with van der Waals surface area (Å²) in [5, 5.41) is 10.2. The molecule has 1 saturated heterocycles. The van der Waals surface area contributed by atoms with Crippen LogP contribution in [0.25, 0.3) is 0 Å². The molecular weight excluding hydrogens is 174 g/mol. The number of nitrogens with zero attached hydrogens (tertiary/aromatic N) is 1. The van der Waals surface area contributed by atoms with E-state index in [1.807, 2.05) is 0 Å². The van der Waals surface area contributed by atoms with Gasteiger partial charge in [0, 0.05) is 6.54 Å². The molecular formula is C12H25NO. The number of piperidine rings is 1. The van der Waals surface area contributed by atoms with Gasteiger partial charge in [-0.1, -0.05) is 20.8 Å². The van der Waals surface area contributed by atoms with E-state index in [0.717, 1.165) is 25.3 Å². The second-order valence-corrected chi connectivity index (χ2v) is 4.89. The summed E-state index contributed by atoms with van der Waals surface area (Å²) in [4.78, 5) is 2.42. The van der Waals surface area contributed by atoms with Gasteiger partial charge in [0.2, 0.25) is 0 Å². The number of aliphatic hydroxyl groups is 1. The summed E-state index contributed by atoms with van der Waals surface area (Å²) in [6, 6.07) is 0. The molecule has 1 aliphatic heterocycles. The van der Waals surface area contributed by atoms with E-state index in [0.29, 0.717) is 0 Å². The van der Waals surface area contributed by atoms with E-state index in [4.69, 9.17) is 0 Å². The third kappa shape index (κ3) is 3.25. The lowest BCUT2D eigenvalue weighted by Crippen LogP contribution is -2.45. The van der Waals surface area contributed by atoms with Crippen molar-refractivity contribution in [1.82, 2.24) is 4.90 Å². The molecule has 84 valence electrons. The standard InChI is InChI=1S/C12H25NO/c1-4-12(14,5-2)10-13-8-6-11(3)7-9-13/h11,14H,4-10H2,1-3H3. The Bertz CT molecular complexity index is 158. The summed E-state index contributed by atoms with van der Waals surface area (Å²) >= 11 is 0. The summed E-state index contributed by atoms with van der Waals surface area (Å²) in [6.07, 6.45) is 4.33. The average molecular weight is 199 g/mol. The summed E-state index contributed by atoms with van der Waals surface area (Å²) in [6.45, 7) is 9.69. The van der Waals surface area contributed by atoms with Gasteiger partial charge in [-0.05, 0) is 44.7 Å². The van der Waals surface area contributed by atoms with Crippen LogP contribution >= 0.6 is 0 Å². The molecule has 0 unspecified atom stereocenters. The quantitative estimate of drug-likeness (QED) is 0.751. The molecule has 1 aliphatic rings. The van der Waals surface area contributed by atoms with Crippen molar-refractivity contribution in [3.8, 4) is 0 Å². The Kier molecular flexibility index (Phi) is 4.39. The maximum absolute atomic E-state index is 10.2. The van der Waals surface area contributed by atoms with Crippen molar-refractivity contribution in [2.24, 2.45) is 5.92 Å². The van der Waals surface area contributed by atoms with Crippen LogP contribution in [-0.4, -0.2) is 35.2 Å². The Labute approximate surface area is 88.3 Å². The molecule has 0 radical (unpaired) electrons. The largest absolute Gasteiger partial charge is 0.389 e. The van der Waals surface area contributed by atoms with Gasteiger partial charge in [0.25, 0.3) is 0 Å². The van der Waals surface area contributed by atoms with Crippen LogP contribution in [-0.2, 0) is 0 Å². The van der Waals surface area contributed by atoms with Crippen LogP contribution in [0.3, 0.4) is 0 Å². The monoisotopic (exact) mass is 199 g/mol. The molecule has 0 aromatic rings. The van der Waals surface area contributed by atoms with E-state index < -0.39 is 5.60 Å². The number of hydrogen-bond acceptors (Lipinski definition) is 2. The van der Waals surface area contributed by atoms with Gasteiger partial charge < -0.3 is 10.0 Å². The molecule has 1 rings (SSSR count). The van der Waals surface area contributed by atoms with Crippen molar-refractivity contribution in [3.63, 3.8) is 0 Å². The van der Waals surface area contributed by atoms with Crippen LogP contribution in [0.5, 0.6) is 0 Å². The molecule has 1 N–H and O–H groups in total. The first-order valence-electron chi connectivity index (χ1n) is 6.04. The van der Waals surface area contributed by atoms with Crippen molar-refractivity contribution in [1.29, 1.82) is 0 Å². The lowest BCUT2D eigenvalue weighted by atomic mass is 9.93. The first kappa shape index (κ1) is 12.0. The van der Waals surface area contributed by atoms with Crippen LogP contribution in [0.15, 0.2) is 0 Å². The van der Waals surface area contributed by atoms with Crippen LogP contribution in [0.1, 0.15) is 46.5 Å². The van der Waals surface area contributed by atoms with E-state index in [9.17, 15) is 5.11 Å². The minimum Gasteiger partial charge on any atom is -0.389 e. The van der Waals surface area contributed by atoms with Crippen LogP contribution in [0.4, 0.5) is 0 Å². The second-order valence-electron chi connectivity index (χ2n) is 4.89. The molecule has 0 saturated carbocycles. The topological polar surface area (TPSA) is 23.5 Å². The molecule has 0 aromatic carbocycles. The second kappa shape index (κ2) is 5.13. The van der Waals surface area contributed by atoms with Crippen LogP contribution in [0, 0.1) is 5.92 Å². The van der Waals surface area contributed by atoms with Crippen molar-refractivity contribution < 1.29 is 5.11 Å². The number of β-amino-alcohol motifs (C(OH)–C–C–N with tert-alkyl or cyclic N) is 1.